The zero-order valence-electron chi connectivity index (χ0n) is 6.84. The molecular formula is C7H5ClN2O2S2. The van der Waals surface area contributed by atoms with Crippen molar-refractivity contribution in [3.63, 3.8) is 0 Å². The van der Waals surface area contributed by atoms with Crippen molar-refractivity contribution in [2.24, 2.45) is 0 Å². The molecule has 2 aromatic rings. The minimum atomic E-state index is -3.54. The molecule has 4 nitrogen and oxygen atoms in total. The van der Waals surface area contributed by atoms with Gasteiger partial charge >= 0.3 is 0 Å². The highest BCUT2D eigenvalue weighted by Gasteiger charge is 2.11. The maximum Gasteiger partial charge on any atom is 0.236 e. The number of benzene rings is 1. The van der Waals surface area contributed by atoms with Crippen LogP contribution in [0.25, 0.3) is 11.0 Å². The summed E-state index contributed by atoms with van der Waals surface area (Å²) in [6, 6.07) is 5.20. The van der Waals surface area contributed by atoms with E-state index in [1.165, 1.54) is 0 Å². The average molecular weight is 249 g/mol. The van der Waals surface area contributed by atoms with Gasteiger partial charge in [-0.25, -0.2) is 8.42 Å². The normalized spacial score (nSPS) is 12.1. The fourth-order valence-corrected chi connectivity index (χ4v) is 2.69. The Morgan fingerprint density at radius 3 is 2.86 bits per heavy atom. The van der Waals surface area contributed by atoms with Crippen LogP contribution in [0.5, 0.6) is 0 Å². The van der Waals surface area contributed by atoms with Crippen LogP contribution in [-0.2, 0) is 14.8 Å². The van der Waals surface area contributed by atoms with Crippen molar-refractivity contribution in [2.75, 3.05) is 0 Å². The van der Waals surface area contributed by atoms with E-state index in [2.05, 4.69) is 8.75 Å². The minimum Gasteiger partial charge on any atom is -0.212 e. The molecule has 0 fully saturated rings. The number of aromatic nitrogens is 2. The van der Waals surface area contributed by atoms with Crippen LogP contribution in [0.4, 0.5) is 0 Å². The van der Waals surface area contributed by atoms with Crippen molar-refractivity contribution < 1.29 is 8.42 Å². The zero-order valence-corrected chi connectivity index (χ0v) is 9.23. The van der Waals surface area contributed by atoms with Gasteiger partial charge in [-0.05, 0) is 11.6 Å². The second kappa shape index (κ2) is 3.45. The van der Waals surface area contributed by atoms with E-state index in [1.807, 2.05) is 0 Å². The SMILES string of the molecule is O=S(=O)(Cl)Cc1cccc2nsnc12. The van der Waals surface area contributed by atoms with Crippen molar-refractivity contribution in [1.29, 1.82) is 0 Å². The molecule has 1 aromatic heterocycles. The van der Waals surface area contributed by atoms with Gasteiger partial charge in [0.15, 0.2) is 0 Å². The molecule has 74 valence electrons. The quantitative estimate of drug-likeness (QED) is 0.760. The number of nitrogens with zero attached hydrogens (tertiary/aromatic N) is 2. The Morgan fingerprint density at radius 2 is 2.14 bits per heavy atom. The molecule has 0 saturated carbocycles. The lowest BCUT2D eigenvalue weighted by Crippen LogP contribution is -1.95. The number of rotatable bonds is 2. The molecule has 14 heavy (non-hydrogen) atoms. The molecule has 0 atom stereocenters. The highest BCUT2D eigenvalue weighted by atomic mass is 35.7. The van der Waals surface area contributed by atoms with E-state index in [0.717, 1.165) is 11.7 Å². The van der Waals surface area contributed by atoms with Gasteiger partial charge in [0.25, 0.3) is 0 Å². The lowest BCUT2D eigenvalue weighted by Gasteiger charge is -1.97. The summed E-state index contributed by atoms with van der Waals surface area (Å²) in [5, 5.41) is 0. The van der Waals surface area contributed by atoms with Crippen molar-refractivity contribution in [2.45, 2.75) is 5.75 Å². The van der Waals surface area contributed by atoms with Gasteiger partial charge in [-0.1, -0.05) is 12.1 Å². The van der Waals surface area contributed by atoms with E-state index in [0.29, 0.717) is 16.6 Å². The lowest BCUT2D eigenvalue weighted by atomic mass is 10.2. The first-order valence-corrected chi connectivity index (χ1v) is 6.89. The topological polar surface area (TPSA) is 59.9 Å². The van der Waals surface area contributed by atoms with E-state index < -0.39 is 9.05 Å². The third kappa shape index (κ3) is 2.02. The number of halogens is 1. The molecule has 1 heterocycles. The maximum atomic E-state index is 10.9. The molecule has 0 aliphatic heterocycles. The van der Waals surface area contributed by atoms with Gasteiger partial charge < -0.3 is 0 Å². The minimum absolute atomic E-state index is 0.211. The smallest absolute Gasteiger partial charge is 0.212 e. The van der Waals surface area contributed by atoms with E-state index in [-0.39, 0.29) is 5.75 Å². The number of hydrogen-bond donors (Lipinski definition) is 0. The average Bonchev–Trinajstić information content (AvgIpc) is 2.49. The molecule has 0 aliphatic rings. The van der Waals surface area contributed by atoms with Gasteiger partial charge in [-0.15, -0.1) is 0 Å². The van der Waals surface area contributed by atoms with Crippen molar-refractivity contribution >= 4 is 42.5 Å². The Morgan fingerprint density at radius 1 is 1.36 bits per heavy atom. The van der Waals surface area contributed by atoms with E-state index in [4.69, 9.17) is 10.7 Å². The van der Waals surface area contributed by atoms with E-state index >= 15 is 0 Å². The molecule has 1 aromatic carbocycles. The molecule has 0 N–H and O–H groups in total. The Hall–Kier alpha value is -0.720. The number of hydrogen-bond acceptors (Lipinski definition) is 5. The molecule has 2 rings (SSSR count). The summed E-state index contributed by atoms with van der Waals surface area (Å²) in [5.41, 5.74) is 1.90. The molecule has 7 heteroatoms. The Bertz CT molecular complexity index is 564. The van der Waals surface area contributed by atoms with Gasteiger partial charge in [-0.3, -0.25) is 0 Å². The first kappa shape index (κ1) is 9.82. The van der Waals surface area contributed by atoms with Gasteiger partial charge in [0.1, 0.15) is 11.0 Å². The van der Waals surface area contributed by atoms with Gasteiger partial charge in [0, 0.05) is 10.7 Å². The van der Waals surface area contributed by atoms with Crippen molar-refractivity contribution in [3.05, 3.63) is 23.8 Å². The highest BCUT2D eigenvalue weighted by Crippen LogP contribution is 2.19. The Kier molecular flexibility index (Phi) is 2.42. The fourth-order valence-electron chi connectivity index (χ4n) is 1.16. The maximum absolute atomic E-state index is 10.9. The second-order valence-corrected chi connectivity index (χ2v) is 6.04. The van der Waals surface area contributed by atoms with Crippen molar-refractivity contribution in [1.82, 2.24) is 8.75 Å². The molecule has 0 radical (unpaired) electrons. The summed E-state index contributed by atoms with van der Waals surface area (Å²) < 4.78 is 29.8. The largest absolute Gasteiger partial charge is 0.236 e. The standard InChI is InChI=1S/C7H5ClN2O2S2/c8-14(11,12)4-5-2-1-3-6-7(5)10-13-9-6/h1-3H,4H2. The van der Waals surface area contributed by atoms with Crippen LogP contribution in [0.3, 0.4) is 0 Å². The molecule has 0 amide bonds. The van der Waals surface area contributed by atoms with Gasteiger partial charge in [0.2, 0.25) is 9.05 Å². The summed E-state index contributed by atoms with van der Waals surface area (Å²) in [6.07, 6.45) is 0. The van der Waals surface area contributed by atoms with E-state index in [9.17, 15) is 8.42 Å². The van der Waals surface area contributed by atoms with Crippen LogP contribution in [0.1, 0.15) is 5.56 Å². The van der Waals surface area contributed by atoms with Crippen LogP contribution in [0.2, 0.25) is 0 Å². The lowest BCUT2D eigenvalue weighted by molar-refractivity contribution is 0.609. The van der Waals surface area contributed by atoms with E-state index in [1.54, 1.807) is 18.2 Å². The van der Waals surface area contributed by atoms with Crippen molar-refractivity contribution in [3.8, 4) is 0 Å². The summed E-state index contributed by atoms with van der Waals surface area (Å²) >= 11 is 1.06. The highest BCUT2D eigenvalue weighted by molar-refractivity contribution is 8.13. The van der Waals surface area contributed by atoms with Crippen LogP contribution in [0, 0.1) is 0 Å². The predicted molar refractivity (Wildman–Crippen MR) is 55.9 cm³/mol. The molecule has 0 bridgehead atoms. The van der Waals surface area contributed by atoms with Crippen LogP contribution in [-0.4, -0.2) is 17.2 Å². The third-order valence-corrected chi connectivity index (χ3v) is 3.22. The van der Waals surface area contributed by atoms with Crippen LogP contribution in [0.15, 0.2) is 18.2 Å². The first-order valence-electron chi connectivity index (χ1n) is 3.69. The van der Waals surface area contributed by atoms with Gasteiger partial charge in [0.05, 0.1) is 17.5 Å². The second-order valence-electron chi connectivity index (χ2n) is 2.73. The monoisotopic (exact) mass is 248 g/mol. The molecule has 0 saturated heterocycles. The zero-order chi connectivity index (χ0) is 10.2. The van der Waals surface area contributed by atoms with Gasteiger partial charge in [-0.2, -0.15) is 8.75 Å². The Labute approximate surface area is 89.3 Å². The Balaban J connectivity index is 2.57. The summed E-state index contributed by atoms with van der Waals surface area (Å²) in [7, 11) is 1.63. The molecular weight excluding hydrogens is 244 g/mol. The summed E-state index contributed by atoms with van der Waals surface area (Å²) in [4.78, 5) is 0. The summed E-state index contributed by atoms with van der Waals surface area (Å²) in [6.45, 7) is 0. The molecule has 0 aliphatic carbocycles. The predicted octanol–water partition coefficient (Wildman–Crippen LogP) is 1.76. The third-order valence-electron chi connectivity index (χ3n) is 1.70. The van der Waals surface area contributed by atoms with Crippen LogP contribution >= 0.6 is 22.4 Å². The van der Waals surface area contributed by atoms with Crippen LogP contribution < -0.4 is 0 Å². The molecule has 0 spiro atoms. The fraction of sp³-hybridized carbons (Fsp3) is 0.143. The summed E-state index contributed by atoms with van der Waals surface area (Å²) in [5.74, 6) is -0.211. The first-order chi connectivity index (χ1) is 6.56. The molecule has 0 unspecified atom stereocenters. The number of fused-ring (bicyclic) bond motifs is 1.